The highest BCUT2D eigenvalue weighted by molar-refractivity contribution is 7.84. The molecule has 0 radical (unpaired) electrons. The van der Waals surface area contributed by atoms with Crippen molar-refractivity contribution < 1.29 is 18.5 Å². The van der Waals surface area contributed by atoms with E-state index in [1.165, 1.54) is 6.07 Å². The lowest BCUT2D eigenvalue weighted by molar-refractivity contribution is 0.0677. The zero-order chi connectivity index (χ0) is 23.8. The van der Waals surface area contributed by atoms with Crippen LogP contribution in [0, 0.1) is 5.82 Å². The highest BCUT2D eigenvalue weighted by Crippen LogP contribution is 2.29. The Labute approximate surface area is 198 Å². The number of amides is 1. The standard InChI is InChI=1S/C25H23FN4O3S/c1-34(33)23-14-30(25-27-12-17(13-28-25)19-6-2-3-7-21(19)26)22-11-16(8-9-20(22)23)24(32)29-10-4-5-18(29)15-31/h2-3,6-9,11-14,18,31H,4-5,10,15H2,1H3. The summed E-state index contributed by atoms with van der Waals surface area (Å²) in [5.41, 5.74) is 2.06. The Bertz CT molecular complexity index is 1400. The summed E-state index contributed by atoms with van der Waals surface area (Å²) >= 11 is 0. The quantitative estimate of drug-likeness (QED) is 0.474. The fourth-order valence-electron chi connectivity index (χ4n) is 4.46. The molecule has 1 aliphatic rings. The van der Waals surface area contributed by atoms with Gasteiger partial charge in [0.15, 0.2) is 0 Å². The van der Waals surface area contributed by atoms with Crippen molar-refractivity contribution in [1.29, 1.82) is 0 Å². The maximum atomic E-state index is 14.2. The summed E-state index contributed by atoms with van der Waals surface area (Å²) in [6.45, 7) is 0.541. The van der Waals surface area contributed by atoms with E-state index in [1.807, 2.05) is 0 Å². The van der Waals surface area contributed by atoms with E-state index in [2.05, 4.69) is 9.97 Å². The van der Waals surface area contributed by atoms with Crippen LogP contribution in [0.25, 0.3) is 28.0 Å². The lowest BCUT2D eigenvalue weighted by Gasteiger charge is -2.23. The SMILES string of the molecule is CS(=O)c1cn(-c2ncc(-c3ccccc3F)cn2)c2cc(C(=O)N3CCCC3CO)ccc12. The topological polar surface area (TPSA) is 88.3 Å². The Kier molecular flexibility index (Phi) is 5.97. The zero-order valence-electron chi connectivity index (χ0n) is 18.5. The van der Waals surface area contributed by atoms with E-state index >= 15 is 0 Å². The molecule has 0 saturated carbocycles. The molecule has 1 saturated heterocycles. The van der Waals surface area contributed by atoms with Gasteiger partial charge in [0.25, 0.3) is 5.91 Å². The molecule has 2 aromatic carbocycles. The number of rotatable bonds is 5. The molecule has 4 aromatic rings. The number of aliphatic hydroxyl groups is 1. The number of aromatic nitrogens is 3. The van der Waals surface area contributed by atoms with Crippen LogP contribution in [0.5, 0.6) is 0 Å². The van der Waals surface area contributed by atoms with Crippen LogP contribution in [0.15, 0.2) is 66.0 Å². The van der Waals surface area contributed by atoms with Crippen molar-refractivity contribution in [2.75, 3.05) is 19.4 Å². The normalized spacial score (nSPS) is 16.8. The van der Waals surface area contributed by atoms with Gasteiger partial charge in [-0.05, 0) is 31.0 Å². The minimum absolute atomic E-state index is 0.0640. The second-order valence-electron chi connectivity index (χ2n) is 8.28. The summed E-state index contributed by atoms with van der Waals surface area (Å²) in [7, 11) is -1.27. The van der Waals surface area contributed by atoms with Crippen molar-refractivity contribution in [2.45, 2.75) is 23.8 Å². The predicted molar refractivity (Wildman–Crippen MR) is 128 cm³/mol. The molecule has 2 atom stereocenters. The smallest absolute Gasteiger partial charge is 0.254 e. The number of hydrogen-bond donors (Lipinski definition) is 1. The van der Waals surface area contributed by atoms with E-state index in [4.69, 9.17) is 0 Å². The minimum Gasteiger partial charge on any atom is -0.394 e. The van der Waals surface area contributed by atoms with Crippen LogP contribution in [0.1, 0.15) is 23.2 Å². The molecular formula is C25H23FN4O3S. The Morgan fingerprint density at radius 3 is 2.68 bits per heavy atom. The van der Waals surface area contributed by atoms with Gasteiger partial charge in [-0.25, -0.2) is 14.4 Å². The molecule has 9 heteroatoms. The van der Waals surface area contributed by atoms with Gasteiger partial charge in [0.1, 0.15) is 5.82 Å². The second kappa shape index (κ2) is 9.08. The molecule has 0 bridgehead atoms. The first kappa shape index (κ1) is 22.4. The number of likely N-dealkylation sites (tertiary alicyclic amines) is 1. The number of aliphatic hydroxyl groups excluding tert-OH is 1. The first-order chi connectivity index (χ1) is 16.5. The zero-order valence-corrected chi connectivity index (χ0v) is 19.3. The minimum atomic E-state index is -1.27. The Morgan fingerprint density at radius 1 is 1.21 bits per heavy atom. The van der Waals surface area contributed by atoms with Crippen molar-refractivity contribution in [3.05, 3.63) is 72.4 Å². The fraction of sp³-hybridized carbons (Fsp3) is 0.240. The van der Waals surface area contributed by atoms with Crippen LogP contribution in [-0.2, 0) is 10.8 Å². The van der Waals surface area contributed by atoms with E-state index in [9.17, 15) is 18.5 Å². The summed E-state index contributed by atoms with van der Waals surface area (Å²) in [6.07, 6.45) is 8.02. The largest absolute Gasteiger partial charge is 0.394 e. The molecule has 1 N–H and O–H groups in total. The van der Waals surface area contributed by atoms with E-state index < -0.39 is 10.8 Å². The highest BCUT2D eigenvalue weighted by Gasteiger charge is 2.29. The summed E-state index contributed by atoms with van der Waals surface area (Å²) in [5, 5.41) is 10.3. The van der Waals surface area contributed by atoms with Crippen LogP contribution < -0.4 is 0 Å². The van der Waals surface area contributed by atoms with Crippen molar-refractivity contribution in [3.8, 4) is 17.1 Å². The summed E-state index contributed by atoms with van der Waals surface area (Å²) < 4.78 is 28.3. The van der Waals surface area contributed by atoms with Crippen LogP contribution in [0.3, 0.4) is 0 Å². The van der Waals surface area contributed by atoms with E-state index in [1.54, 1.807) is 70.7 Å². The third-order valence-corrected chi connectivity index (χ3v) is 7.16. The van der Waals surface area contributed by atoms with Gasteiger partial charge in [-0.2, -0.15) is 0 Å². The molecule has 0 spiro atoms. The molecule has 7 nitrogen and oxygen atoms in total. The van der Waals surface area contributed by atoms with Gasteiger partial charge in [0.2, 0.25) is 5.95 Å². The first-order valence-corrected chi connectivity index (χ1v) is 12.5. The summed E-state index contributed by atoms with van der Waals surface area (Å²) in [6, 6.07) is 11.5. The van der Waals surface area contributed by atoms with Gasteiger partial charge in [-0.1, -0.05) is 24.3 Å². The average Bonchev–Trinajstić information content (AvgIpc) is 3.48. The molecule has 1 amide bonds. The number of carbonyl (C=O) groups excluding carboxylic acids is 1. The van der Waals surface area contributed by atoms with Crippen molar-refractivity contribution in [3.63, 3.8) is 0 Å². The Morgan fingerprint density at radius 2 is 1.97 bits per heavy atom. The van der Waals surface area contributed by atoms with Gasteiger partial charge in [0, 0.05) is 53.5 Å². The maximum Gasteiger partial charge on any atom is 0.254 e. The highest BCUT2D eigenvalue weighted by atomic mass is 32.2. The molecule has 1 fully saturated rings. The van der Waals surface area contributed by atoms with Crippen LogP contribution >= 0.6 is 0 Å². The lowest BCUT2D eigenvalue weighted by atomic mass is 10.1. The fourth-order valence-corrected chi connectivity index (χ4v) is 5.20. The van der Waals surface area contributed by atoms with Gasteiger partial charge >= 0.3 is 0 Å². The number of hydrogen-bond acceptors (Lipinski definition) is 5. The van der Waals surface area contributed by atoms with E-state index in [0.717, 1.165) is 18.2 Å². The second-order valence-corrected chi connectivity index (χ2v) is 9.63. The number of benzene rings is 2. The molecule has 174 valence electrons. The van der Waals surface area contributed by atoms with Crippen molar-refractivity contribution in [1.82, 2.24) is 19.4 Å². The van der Waals surface area contributed by atoms with Crippen molar-refractivity contribution >= 4 is 27.6 Å². The number of nitrogens with zero attached hydrogens (tertiary/aromatic N) is 4. The van der Waals surface area contributed by atoms with Crippen LogP contribution in [0.4, 0.5) is 4.39 Å². The maximum absolute atomic E-state index is 14.2. The third kappa shape index (κ3) is 3.91. The molecule has 1 aliphatic heterocycles. The summed E-state index contributed by atoms with van der Waals surface area (Å²) in [5.74, 6) is -0.192. The Hall–Kier alpha value is -3.43. The Balaban J connectivity index is 1.58. The first-order valence-electron chi connectivity index (χ1n) is 11.0. The number of fused-ring (bicyclic) bond motifs is 1. The number of halogens is 1. The van der Waals surface area contributed by atoms with Gasteiger partial charge in [-0.3, -0.25) is 13.6 Å². The summed E-state index contributed by atoms with van der Waals surface area (Å²) in [4.78, 5) is 24.3. The van der Waals surface area contributed by atoms with Crippen molar-refractivity contribution in [2.24, 2.45) is 0 Å². The molecule has 0 aliphatic carbocycles. The number of carbonyl (C=O) groups is 1. The molecule has 5 rings (SSSR count). The van der Waals surface area contributed by atoms with Gasteiger partial charge in [0.05, 0.1) is 33.9 Å². The van der Waals surface area contributed by atoms with Gasteiger partial charge in [-0.15, -0.1) is 0 Å². The molecule has 2 aromatic heterocycles. The predicted octanol–water partition coefficient (Wildman–Crippen LogP) is 3.56. The molecule has 2 unspecified atom stereocenters. The lowest BCUT2D eigenvalue weighted by Crippen LogP contribution is -2.37. The van der Waals surface area contributed by atoms with E-state index in [0.29, 0.717) is 39.6 Å². The molecule has 3 heterocycles. The molecular weight excluding hydrogens is 455 g/mol. The van der Waals surface area contributed by atoms with E-state index in [-0.39, 0.29) is 24.4 Å². The van der Waals surface area contributed by atoms with Gasteiger partial charge < -0.3 is 10.0 Å². The monoisotopic (exact) mass is 478 g/mol. The average molecular weight is 479 g/mol. The molecule has 34 heavy (non-hydrogen) atoms. The van der Waals surface area contributed by atoms with Crippen LogP contribution in [-0.4, -0.2) is 60.1 Å². The van der Waals surface area contributed by atoms with Crippen LogP contribution in [0.2, 0.25) is 0 Å². The third-order valence-electron chi connectivity index (χ3n) is 6.21.